The quantitative estimate of drug-likeness (QED) is 0.628. The Morgan fingerprint density at radius 1 is 0.867 bits per heavy atom. The molecule has 0 aromatic heterocycles. The second-order valence-corrected chi connectivity index (χ2v) is 8.30. The Balaban J connectivity index is 1.82. The number of nitrogens with one attached hydrogen (secondary N) is 1. The summed E-state index contributed by atoms with van der Waals surface area (Å²) in [5, 5.41) is 2.22. The van der Waals surface area contributed by atoms with Gasteiger partial charge in [0.2, 0.25) is 0 Å². The number of alkyl halides is 3. The number of rotatable bonds is 5. The summed E-state index contributed by atoms with van der Waals surface area (Å²) in [4.78, 5) is 12.3. The first-order valence-electron chi connectivity index (χ1n) is 8.72. The summed E-state index contributed by atoms with van der Waals surface area (Å²) in [5.74, 6) is -0.785. The van der Waals surface area contributed by atoms with E-state index in [0.717, 1.165) is 16.4 Å². The first-order chi connectivity index (χ1) is 14.1. The highest BCUT2D eigenvalue weighted by atomic mass is 32.2. The molecule has 5 nitrogen and oxygen atoms in total. The lowest BCUT2D eigenvalue weighted by atomic mass is 10.1. The number of benzene rings is 3. The molecule has 0 atom stereocenters. The number of carbonyl (C=O) groups excluding carboxylic acids is 1. The van der Waals surface area contributed by atoms with Gasteiger partial charge in [0.25, 0.3) is 15.9 Å². The van der Waals surface area contributed by atoms with E-state index in [2.05, 4.69) is 5.32 Å². The average molecular weight is 434 g/mol. The Bertz CT molecular complexity index is 1150. The van der Waals surface area contributed by atoms with Crippen molar-refractivity contribution in [1.29, 1.82) is 0 Å². The number of amides is 1. The van der Waals surface area contributed by atoms with Gasteiger partial charge in [-0.1, -0.05) is 30.3 Å². The van der Waals surface area contributed by atoms with Crippen LogP contribution in [0.3, 0.4) is 0 Å². The number of sulfonamides is 1. The maximum atomic E-state index is 13.1. The first-order valence-corrected chi connectivity index (χ1v) is 10.2. The van der Waals surface area contributed by atoms with E-state index in [1.165, 1.54) is 43.4 Å². The van der Waals surface area contributed by atoms with Crippen molar-refractivity contribution in [2.45, 2.75) is 11.1 Å². The van der Waals surface area contributed by atoms with Crippen LogP contribution in [-0.4, -0.2) is 21.4 Å². The van der Waals surface area contributed by atoms with Crippen LogP contribution >= 0.6 is 0 Å². The molecule has 9 heteroatoms. The molecule has 0 saturated carbocycles. The summed E-state index contributed by atoms with van der Waals surface area (Å²) in [7, 11) is -2.46. The van der Waals surface area contributed by atoms with Crippen LogP contribution in [0.25, 0.3) is 0 Å². The predicted molar refractivity (Wildman–Crippen MR) is 108 cm³/mol. The van der Waals surface area contributed by atoms with Crippen molar-refractivity contribution in [3.05, 3.63) is 90.0 Å². The van der Waals surface area contributed by atoms with Crippen molar-refractivity contribution in [3.63, 3.8) is 0 Å². The first kappa shape index (κ1) is 21.4. The van der Waals surface area contributed by atoms with E-state index >= 15 is 0 Å². The molecular formula is C21H17F3N2O3S. The molecule has 3 aromatic carbocycles. The molecule has 0 unspecified atom stereocenters. The maximum absolute atomic E-state index is 13.1. The zero-order valence-electron chi connectivity index (χ0n) is 15.7. The van der Waals surface area contributed by atoms with Crippen LogP contribution in [-0.2, 0) is 16.2 Å². The van der Waals surface area contributed by atoms with Crippen molar-refractivity contribution in [1.82, 2.24) is 0 Å². The topological polar surface area (TPSA) is 66.5 Å². The molecule has 0 fully saturated rings. The molecule has 0 heterocycles. The average Bonchev–Trinajstić information content (AvgIpc) is 2.73. The number of carbonyl (C=O) groups is 1. The van der Waals surface area contributed by atoms with Gasteiger partial charge in [-0.05, 0) is 48.5 Å². The van der Waals surface area contributed by atoms with E-state index in [4.69, 9.17) is 0 Å². The Morgan fingerprint density at radius 3 is 2.03 bits per heavy atom. The smallest absolute Gasteiger partial charge is 0.321 e. The van der Waals surface area contributed by atoms with E-state index in [-0.39, 0.29) is 16.1 Å². The van der Waals surface area contributed by atoms with Gasteiger partial charge in [-0.25, -0.2) is 8.42 Å². The van der Waals surface area contributed by atoms with Crippen molar-refractivity contribution < 1.29 is 26.4 Å². The van der Waals surface area contributed by atoms with Crippen LogP contribution in [0.15, 0.2) is 83.8 Å². The van der Waals surface area contributed by atoms with E-state index in [9.17, 15) is 26.4 Å². The maximum Gasteiger partial charge on any atom is 0.418 e. The molecule has 1 N–H and O–H groups in total. The normalized spacial score (nSPS) is 11.7. The number of nitrogens with zero attached hydrogens (tertiary/aromatic N) is 1. The van der Waals surface area contributed by atoms with Crippen LogP contribution in [0.1, 0.15) is 15.9 Å². The van der Waals surface area contributed by atoms with Crippen LogP contribution in [0, 0.1) is 0 Å². The number of hydrogen-bond acceptors (Lipinski definition) is 3. The minimum atomic E-state index is -4.62. The largest absolute Gasteiger partial charge is 0.418 e. The van der Waals surface area contributed by atoms with Gasteiger partial charge < -0.3 is 5.32 Å². The summed E-state index contributed by atoms with van der Waals surface area (Å²) < 4.78 is 65.9. The molecule has 0 aliphatic heterocycles. The van der Waals surface area contributed by atoms with Crippen LogP contribution in [0.4, 0.5) is 24.5 Å². The van der Waals surface area contributed by atoms with Gasteiger partial charge in [-0.2, -0.15) is 13.2 Å². The fourth-order valence-corrected chi connectivity index (χ4v) is 3.94. The zero-order valence-corrected chi connectivity index (χ0v) is 16.5. The number of hydrogen-bond donors (Lipinski definition) is 1. The molecule has 0 aliphatic carbocycles. The lowest BCUT2D eigenvalue weighted by molar-refractivity contribution is -0.136. The number of para-hydroxylation sites is 2. The van der Waals surface area contributed by atoms with E-state index in [1.54, 1.807) is 30.3 Å². The summed E-state index contributed by atoms with van der Waals surface area (Å²) in [5.41, 5.74) is -0.867. The summed E-state index contributed by atoms with van der Waals surface area (Å²) >= 11 is 0. The third kappa shape index (κ3) is 4.46. The van der Waals surface area contributed by atoms with E-state index < -0.39 is 27.7 Å². The minimum Gasteiger partial charge on any atom is -0.321 e. The third-order valence-corrected chi connectivity index (χ3v) is 6.18. The fraction of sp³-hybridized carbons (Fsp3) is 0.0952. The number of halogens is 3. The lowest BCUT2D eigenvalue weighted by Gasteiger charge is -2.19. The number of anilines is 2. The van der Waals surface area contributed by atoms with Gasteiger partial charge in [-0.15, -0.1) is 0 Å². The van der Waals surface area contributed by atoms with Crippen molar-refractivity contribution in [2.75, 3.05) is 16.7 Å². The van der Waals surface area contributed by atoms with Gasteiger partial charge in [0, 0.05) is 12.6 Å². The Kier molecular flexibility index (Phi) is 5.84. The third-order valence-electron chi connectivity index (χ3n) is 4.38. The molecule has 156 valence electrons. The Morgan fingerprint density at radius 2 is 1.43 bits per heavy atom. The second kappa shape index (κ2) is 8.19. The highest BCUT2D eigenvalue weighted by molar-refractivity contribution is 7.92. The molecule has 0 bridgehead atoms. The molecule has 30 heavy (non-hydrogen) atoms. The highest BCUT2D eigenvalue weighted by Crippen LogP contribution is 2.34. The molecule has 0 radical (unpaired) electrons. The van der Waals surface area contributed by atoms with Gasteiger partial charge in [-0.3, -0.25) is 9.10 Å². The monoisotopic (exact) mass is 434 g/mol. The van der Waals surface area contributed by atoms with Gasteiger partial charge in [0.05, 0.1) is 21.8 Å². The second-order valence-electron chi connectivity index (χ2n) is 6.33. The fourth-order valence-electron chi connectivity index (χ4n) is 2.75. The minimum absolute atomic E-state index is 0.0216. The van der Waals surface area contributed by atoms with Crippen molar-refractivity contribution >= 4 is 27.3 Å². The SMILES string of the molecule is CN(c1ccccc1)S(=O)(=O)c1ccc(C(=O)Nc2ccccc2C(F)(F)F)cc1. The Labute approximate surface area is 171 Å². The van der Waals surface area contributed by atoms with Gasteiger partial charge >= 0.3 is 6.18 Å². The highest BCUT2D eigenvalue weighted by Gasteiger charge is 2.33. The molecule has 0 saturated heterocycles. The van der Waals surface area contributed by atoms with Crippen LogP contribution in [0.2, 0.25) is 0 Å². The van der Waals surface area contributed by atoms with Crippen LogP contribution < -0.4 is 9.62 Å². The summed E-state index contributed by atoms with van der Waals surface area (Å²) in [6.07, 6.45) is -4.62. The summed E-state index contributed by atoms with van der Waals surface area (Å²) in [6.45, 7) is 0. The zero-order chi connectivity index (χ0) is 21.9. The Hall–Kier alpha value is -3.33. The molecule has 1 amide bonds. The molecular weight excluding hydrogens is 417 g/mol. The van der Waals surface area contributed by atoms with E-state index in [0.29, 0.717) is 5.69 Å². The van der Waals surface area contributed by atoms with Crippen LogP contribution in [0.5, 0.6) is 0 Å². The molecule has 0 aliphatic rings. The van der Waals surface area contributed by atoms with Gasteiger partial charge in [0.15, 0.2) is 0 Å². The summed E-state index contributed by atoms with van der Waals surface area (Å²) in [6, 6.07) is 18.0. The van der Waals surface area contributed by atoms with Crippen molar-refractivity contribution in [2.24, 2.45) is 0 Å². The molecule has 0 spiro atoms. The lowest BCUT2D eigenvalue weighted by Crippen LogP contribution is -2.26. The van der Waals surface area contributed by atoms with Crippen molar-refractivity contribution in [3.8, 4) is 0 Å². The predicted octanol–water partition coefficient (Wildman–Crippen LogP) is 4.78. The standard InChI is InChI=1S/C21H17F3N2O3S/c1-26(16-7-3-2-4-8-16)30(28,29)17-13-11-15(12-14-17)20(27)25-19-10-6-5-9-18(19)21(22,23)24/h2-14H,1H3,(H,25,27). The van der Waals surface area contributed by atoms with E-state index in [1.807, 2.05) is 0 Å². The van der Waals surface area contributed by atoms with Gasteiger partial charge in [0.1, 0.15) is 0 Å². The molecule has 3 rings (SSSR count). The molecule has 3 aromatic rings.